The Kier molecular flexibility index (Phi) is 7.56. The Morgan fingerprint density at radius 1 is 0.694 bits per heavy atom. The Bertz CT molecular complexity index is 1320. The first-order valence-electron chi connectivity index (χ1n) is 9.90. The fraction of sp³-hybridized carbons (Fsp3) is 0. The second kappa shape index (κ2) is 10.9. The average Bonchev–Trinajstić information content (AvgIpc) is 2.89. The van der Waals surface area contributed by atoms with Crippen molar-refractivity contribution < 1.29 is 19.4 Å². The largest absolute Gasteiger partial charge is 0.380 e. The molecule has 15 nitrogen and oxygen atoms in total. The minimum absolute atomic E-state index is 0.0681. The predicted molar refractivity (Wildman–Crippen MR) is 127 cm³/mol. The van der Waals surface area contributed by atoms with Crippen LogP contribution in [0.4, 0.5) is 11.4 Å². The maximum absolute atomic E-state index is 12.3. The third-order valence-corrected chi connectivity index (χ3v) is 4.52. The molecule has 3 aromatic rings. The van der Waals surface area contributed by atoms with E-state index in [1.807, 2.05) is 0 Å². The molecule has 0 aliphatic heterocycles. The molecule has 1 heterocycles. The number of nitrogens with one attached hydrogen (secondary N) is 2. The summed E-state index contributed by atoms with van der Waals surface area (Å²) in [6.07, 6.45) is 0. The summed E-state index contributed by atoms with van der Waals surface area (Å²) < 4.78 is 0. The zero-order valence-corrected chi connectivity index (χ0v) is 18.2. The minimum Gasteiger partial charge on any atom is -0.380 e. The van der Waals surface area contributed by atoms with Crippen molar-refractivity contribution in [1.29, 1.82) is 0 Å². The first-order chi connectivity index (χ1) is 17.2. The molecule has 3 rings (SSSR count). The molecule has 2 amide bonds. The van der Waals surface area contributed by atoms with Crippen molar-refractivity contribution >= 4 is 34.9 Å². The van der Waals surface area contributed by atoms with Gasteiger partial charge in [-0.3, -0.25) is 29.8 Å². The molecule has 0 bridgehead atoms. The van der Waals surface area contributed by atoms with Crippen molar-refractivity contribution in [1.82, 2.24) is 15.8 Å². The predicted octanol–water partition coefficient (Wildman–Crippen LogP) is 0.999. The van der Waals surface area contributed by atoms with Gasteiger partial charge in [-0.15, -0.1) is 0 Å². The van der Waals surface area contributed by atoms with Gasteiger partial charge in [0.2, 0.25) is 0 Å². The van der Waals surface area contributed by atoms with E-state index in [0.29, 0.717) is 0 Å². The summed E-state index contributed by atoms with van der Waals surface area (Å²) in [4.78, 5) is 49.5. The van der Waals surface area contributed by atoms with Crippen molar-refractivity contribution in [2.24, 2.45) is 21.7 Å². The maximum atomic E-state index is 12.3. The Balaban J connectivity index is 1.74. The fourth-order valence-electron chi connectivity index (χ4n) is 2.83. The van der Waals surface area contributed by atoms with Gasteiger partial charge < -0.3 is 11.5 Å². The van der Waals surface area contributed by atoms with Crippen molar-refractivity contribution in [2.75, 3.05) is 0 Å². The summed E-state index contributed by atoms with van der Waals surface area (Å²) in [5.41, 5.74) is 14.8. The lowest BCUT2D eigenvalue weighted by molar-refractivity contribution is -0.385. The topological polar surface area (TPSA) is 234 Å². The van der Waals surface area contributed by atoms with E-state index in [-0.39, 0.29) is 34.2 Å². The van der Waals surface area contributed by atoms with Crippen LogP contribution in [0.15, 0.2) is 76.9 Å². The molecular weight excluding hydrogens is 474 g/mol. The maximum Gasteiger partial charge on any atom is 0.282 e. The van der Waals surface area contributed by atoms with Crippen LogP contribution in [0.25, 0.3) is 0 Å². The number of hydrogen-bond donors (Lipinski definition) is 4. The number of nitro groups is 2. The number of nitrogens with two attached hydrogens (primary N) is 2. The molecule has 0 atom stereocenters. The SMILES string of the molecule is N/C(=N\NC(=O)c1ccccc1[N+](=O)[O-])c1cccc(/C(N)=N/NC(=O)c2ccccc2[N+](=O)[O-])n1. The first kappa shape index (κ1) is 24.9. The summed E-state index contributed by atoms with van der Waals surface area (Å²) in [5, 5.41) is 29.6. The molecule has 0 radical (unpaired) electrons. The van der Waals surface area contributed by atoms with E-state index in [4.69, 9.17) is 11.5 Å². The number of carbonyl (C=O) groups excluding carboxylic acids is 2. The molecule has 0 saturated carbocycles. The van der Waals surface area contributed by atoms with Gasteiger partial charge in [0, 0.05) is 12.1 Å². The molecule has 0 aliphatic carbocycles. The smallest absolute Gasteiger partial charge is 0.282 e. The Labute approximate surface area is 201 Å². The van der Waals surface area contributed by atoms with Gasteiger partial charge in [-0.25, -0.2) is 15.8 Å². The summed E-state index contributed by atoms with van der Waals surface area (Å²) in [7, 11) is 0. The molecule has 2 aromatic carbocycles. The van der Waals surface area contributed by atoms with Crippen LogP contribution in [0.5, 0.6) is 0 Å². The lowest BCUT2D eigenvalue weighted by Crippen LogP contribution is -2.27. The van der Waals surface area contributed by atoms with E-state index in [0.717, 1.165) is 0 Å². The van der Waals surface area contributed by atoms with E-state index in [1.165, 1.54) is 66.7 Å². The molecule has 0 saturated heterocycles. The highest BCUT2D eigenvalue weighted by molar-refractivity contribution is 6.03. The number of carbonyl (C=O) groups is 2. The Morgan fingerprint density at radius 3 is 1.47 bits per heavy atom. The number of nitrogens with zero attached hydrogens (tertiary/aromatic N) is 5. The molecule has 1 aromatic heterocycles. The van der Waals surface area contributed by atoms with Gasteiger partial charge in [-0.05, 0) is 24.3 Å². The lowest BCUT2D eigenvalue weighted by atomic mass is 10.2. The Hall–Kier alpha value is -5.73. The molecule has 0 aliphatic rings. The highest BCUT2D eigenvalue weighted by atomic mass is 16.6. The second-order valence-electron chi connectivity index (χ2n) is 6.83. The van der Waals surface area contributed by atoms with Crippen molar-refractivity contribution in [2.45, 2.75) is 0 Å². The fourth-order valence-corrected chi connectivity index (χ4v) is 2.83. The number of aromatic nitrogens is 1. The van der Waals surface area contributed by atoms with Crippen LogP contribution in [0, 0.1) is 20.2 Å². The van der Waals surface area contributed by atoms with Crippen molar-refractivity contribution in [3.63, 3.8) is 0 Å². The number of hydrogen-bond acceptors (Lipinski definition) is 9. The Morgan fingerprint density at radius 2 is 1.08 bits per heavy atom. The van der Waals surface area contributed by atoms with Gasteiger partial charge in [0.05, 0.1) is 9.85 Å². The number of rotatable bonds is 8. The van der Waals surface area contributed by atoms with Crippen LogP contribution in [0.1, 0.15) is 32.1 Å². The van der Waals surface area contributed by atoms with Crippen LogP contribution in [0.3, 0.4) is 0 Å². The molecule has 0 fully saturated rings. The minimum atomic E-state index is -0.861. The van der Waals surface area contributed by atoms with Gasteiger partial charge in [0.1, 0.15) is 22.5 Å². The number of nitro benzene ring substituents is 2. The lowest BCUT2D eigenvalue weighted by Gasteiger charge is -2.06. The van der Waals surface area contributed by atoms with Gasteiger partial charge in [0.25, 0.3) is 23.2 Å². The summed E-state index contributed by atoms with van der Waals surface area (Å²) in [6, 6.07) is 15.0. The van der Waals surface area contributed by atoms with Crippen LogP contribution in [-0.2, 0) is 0 Å². The number of amidine groups is 2. The molecule has 36 heavy (non-hydrogen) atoms. The van der Waals surface area contributed by atoms with E-state index in [2.05, 4.69) is 26.0 Å². The van der Waals surface area contributed by atoms with Crippen LogP contribution in [-0.4, -0.2) is 38.3 Å². The number of hydrazone groups is 2. The third-order valence-electron chi connectivity index (χ3n) is 4.52. The van der Waals surface area contributed by atoms with Crippen LogP contribution in [0.2, 0.25) is 0 Å². The molecule has 182 valence electrons. The average molecular weight is 491 g/mol. The molecule has 15 heteroatoms. The van der Waals surface area contributed by atoms with Crippen LogP contribution < -0.4 is 22.3 Å². The zero-order valence-electron chi connectivity index (χ0n) is 18.2. The summed E-state index contributed by atoms with van der Waals surface area (Å²) in [6.45, 7) is 0. The standard InChI is InChI=1S/C21H17N9O6/c22-18(25-27-20(31)12-6-1-3-10-16(12)29(33)34)14-8-5-9-15(24-14)19(23)26-28-21(32)13-7-2-4-11-17(13)30(35)36/h1-11H,(H2,22,25)(H2,23,26)(H,27,31)(H,28,32). The van der Waals surface area contributed by atoms with Crippen molar-refractivity contribution in [3.8, 4) is 0 Å². The van der Waals surface area contributed by atoms with Gasteiger partial charge >= 0.3 is 0 Å². The molecule has 6 N–H and O–H groups in total. The van der Waals surface area contributed by atoms with Crippen molar-refractivity contribution in [3.05, 3.63) is 109 Å². The highest BCUT2D eigenvalue weighted by Gasteiger charge is 2.20. The van der Waals surface area contributed by atoms with E-state index in [9.17, 15) is 29.8 Å². The number of benzene rings is 2. The quantitative estimate of drug-likeness (QED) is 0.152. The highest BCUT2D eigenvalue weighted by Crippen LogP contribution is 2.18. The van der Waals surface area contributed by atoms with E-state index >= 15 is 0 Å². The van der Waals surface area contributed by atoms with E-state index < -0.39 is 33.0 Å². The summed E-state index contributed by atoms with van der Waals surface area (Å²) >= 11 is 0. The van der Waals surface area contributed by atoms with Gasteiger partial charge in [-0.1, -0.05) is 30.3 Å². The first-order valence-corrected chi connectivity index (χ1v) is 9.90. The monoisotopic (exact) mass is 491 g/mol. The second-order valence-corrected chi connectivity index (χ2v) is 6.83. The number of para-hydroxylation sites is 2. The molecule has 0 spiro atoms. The normalized spacial score (nSPS) is 11.4. The van der Waals surface area contributed by atoms with Gasteiger partial charge in [-0.2, -0.15) is 10.2 Å². The number of amides is 2. The molecule has 0 unspecified atom stereocenters. The number of pyridine rings is 1. The third kappa shape index (κ3) is 5.79. The molecular formula is C21H17N9O6. The zero-order chi connectivity index (χ0) is 26.2. The summed E-state index contributed by atoms with van der Waals surface area (Å²) in [5.74, 6) is -2.22. The van der Waals surface area contributed by atoms with Gasteiger partial charge in [0.15, 0.2) is 11.7 Å². The van der Waals surface area contributed by atoms with E-state index in [1.54, 1.807) is 0 Å². The van der Waals surface area contributed by atoms with Crippen LogP contribution >= 0.6 is 0 Å².